The molecule has 0 heterocycles. The molecular weight excluding hydrogens is 353 g/mol. The Morgan fingerprint density at radius 1 is 1.21 bits per heavy atom. The van der Waals surface area contributed by atoms with Gasteiger partial charge in [-0.05, 0) is 42.2 Å². The van der Waals surface area contributed by atoms with Gasteiger partial charge in [-0.1, -0.05) is 23.7 Å². The van der Waals surface area contributed by atoms with Gasteiger partial charge in [-0.25, -0.2) is 9.18 Å². The molecule has 0 radical (unpaired) electrons. The van der Waals surface area contributed by atoms with Crippen LogP contribution in [-0.4, -0.2) is 24.7 Å². The Balaban J connectivity index is 1.85. The maximum absolute atomic E-state index is 12.8. The van der Waals surface area contributed by atoms with E-state index in [1.165, 1.54) is 23.9 Å². The van der Waals surface area contributed by atoms with Crippen molar-refractivity contribution in [1.82, 2.24) is 5.32 Å². The smallest absolute Gasteiger partial charge is 0.340 e. The summed E-state index contributed by atoms with van der Waals surface area (Å²) in [7, 11) is 0. The molecule has 4 nitrogen and oxygen atoms in total. The van der Waals surface area contributed by atoms with E-state index in [1.807, 2.05) is 6.26 Å². The van der Waals surface area contributed by atoms with Gasteiger partial charge in [0.15, 0.2) is 6.61 Å². The van der Waals surface area contributed by atoms with Crippen molar-refractivity contribution in [2.45, 2.75) is 11.4 Å². The van der Waals surface area contributed by atoms with E-state index < -0.39 is 18.5 Å². The van der Waals surface area contributed by atoms with Crippen LogP contribution in [0.2, 0.25) is 5.02 Å². The number of hydrogen-bond acceptors (Lipinski definition) is 4. The second-order valence-corrected chi connectivity index (χ2v) is 6.11. The molecule has 1 N–H and O–H groups in total. The zero-order valence-electron chi connectivity index (χ0n) is 12.8. The second kappa shape index (κ2) is 8.70. The monoisotopic (exact) mass is 367 g/mol. The molecule has 0 saturated carbocycles. The number of halogens is 2. The second-order valence-electron chi connectivity index (χ2n) is 4.83. The molecule has 0 fully saturated rings. The Morgan fingerprint density at radius 3 is 2.58 bits per heavy atom. The summed E-state index contributed by atoms with van der Waals surface area (Å²) in [5.74, 6) is -1.46. The molecule has 0 aliphatic rings. The SMILES string of the molecule is CSc1ccc(Cl)c(C(=O)OCC(=O)NCc2ccc(F)cc2)c1. The molecule has 0 unspecified atom stereocenters. The molecule has 0 spiro atoms. The highest BCUT2D eigenvalue weighted by molar-refractivity contribution is 7.98. The van der Waals surface area contributed by atoms with Crippen molar-refractivity contribution in [2.24, 2.45) is 0 Å². The molecule has 2 aromatic carbocycles. The Labute approximate surface area is 148 Å². The van der Waals surface area contributed by atoms with Crippen molar-refractivity contribution in [3.8, 4) is 0 Å². The predicted octanol–water partition coefficient (Wildman–Crippen LogP) is 3.67. The van der Waals surface area contributed by atoms with Crippen LogP contribution in [0.3, 0.4) is 0 Å². The van der Waals surface area contributed by atoms with Gasteiger partial charge in [0.05, 0.1) is 10.6 Å². The standard InChI is InChI=1S/C17H15ClFNO3S/c1-24-13-6-7-15(18)14(8-13)17(22)23-10-16(21)20-9-11-2-4-12(19)5-3-11/h2-8H,9-10H2,1H3,(H,20,21). The molecule has 1 amide bonds. The van der Waals surface area contributed by atoms with Crippen molar-refractivity contribution in [2.75, 3.05) is 12.9 Å². The van der Waals surface area contributed by atoms with E-state index in [4.69, 9.17) is 16.3 Å². The van der Waals surface area contributed by atoms with Crippen LogP contribution in [0.1, 0.15) is 15.9 Å². The minimum Gasteiger partial charge on any atom is -0.452 e. The third-order valence-electron chi connectivity index (χ3n) is 3.13. The third kappa shape index (κ3) is 5.25. The minimum atomic E-state index is -0.659. The van der Waals surface area contributed by atoms with Crippen LogP contribution in [0.5, 0.6) is 0 Å². The molecule has 0 atom stereocenters. The first-order valence-corrected chi connectivity index (χ1v) is 8.61. The zero-order valence-corrected chi connectivity index (χ0v) is 14.4. The maximum atomic E-state index is 12.8. The van der Waals surface area contributed by atoms with Crippen LogP contribution in [-0.2, 0) is 16.1 Å². The number of benzene rings is 2. The highest BCUT2D eigenvalue weighted by Crippen LogP contribution is 2.23. The Morgan fingerprint density at radius 2 is 1.92 bits per heavy atom. The molecule has 0 saturated heterocycles. The van der Waals surface area contributed by atoms with Gasteiger partial charge in [-0.2, -0.15) is 0 Å². The van der Waals surface area contributed by atoms with Gasteiger partial charge < -0.3 is 10.1 Å². The van der Waals surface area contributed by atoms with E-state index in [9.17, 15) is 14.0 Å². The lowest BCUT2D eigenvalue weighted by molar-refractivity contribution is -0.124. The third-order valence-corrected chi connectivity index (χ3v) is 4.19. The largest absolute Gasteiger partial charge is 0.452 e. The van der Waals surface area contributed by atoms with Crippen molar-refractivity contribution in [1.29, 1.82) is 0 Å². The highest BCUT2D eigenvalue weighted by atomic mass is 35.5. The summed E-state index contributed by atoms with van der Waals surface area (Å²) in [4.78, 5) is 24.6. The molecule has 0 aliphatic carbocycles. The quantitative estimate of drug-likeness (QED) is 0.625. The molecule has 24 heavy (non-hydrogen) atoms. The lowest BCUT2D eigenvalue weighted by atomic mass is 10.2. The lowest BCUT2D eigenvalue weighted by Crippen LogP contribution is -2.28. The van der Waals surface area contributed by atoms with Crippen LogP contribution in [0.15, 0.2) is 47.4 Å². The van der Waals surface area contributed by atoms with Crippen LogP contribution < -0.4 is 5.32 Å². The number of ether oxygens (including phenoxy) is 1. The van der Waals surface area contributed by atoms with Crippen LogP contribution in [0.25, 0.3) is 0 Å². The summed E-state index contributed by atoms with van der Waals surface area (Å²) in [5, 5.41) is 2.85. The number of carbonyl (C=O) groups excluding carboxylic acids is 2. The Bertz CT molecular complexity index is 737. The number of esters is 1. The number of rotatable bonds is 6. The molecule has 126 valence electrons. The summed E-state index contributed by atoms with van der Waals surface area (Å²) in [6, 6.07) is 10.8. The number of carbonyl (C=O) groups is 2. The van der Waals surface area contributed by atoms with E-state index in [-0.39, 0.29) is 22.9 Å². The Hall–Kier alpha value is -2.05. The van der Waals surface area contributed by atoms with Crippen molar-refractivity contribution < 1.29 is 18.7 Å². The summed E-state index contributed by atoms with van der Waals surface area (Å²) < 4.78 is 17.8. The molecule has 0 aromatic heterocycles. The van der Waals surface area contributed by atoms with E-state index >= 15 is 0 Å². The van der Waals surface area contributed by atoms with Crippen LogP contribution in [0.4, 0.5) is 4.39 Å². The maximum Gasteiger partial charge on any atom is 0.340 e. The van der Waals surface area contributed by atoms with Crippen molar-refractivity contribution >= 4 is 35.2 Å². The molecule has 0 aliphatic heterocycles. The summed E-state index contributed by atoms with van der Waals surface area (Å²) in [5.41, 5.74) is 0.960. The predicted molar refractivity (Wildman–Crippen MR) is 91.8 cm³/mol. The fourth-order valence-electron chi connectivity index (χ4n) is 1.85. The minimum absolute atomic E-state index is 0.217. The summed E-state index contributed by atoms with van der Waals surface area (Å²) in [6.07, 6.45) is 1.88. The molecule has 7 heteroatoms. The molecular formula is C17H15ClFNO3S. The van der Waals surface area contributed by atoms with Gasteiger partial charge >= 0.3 is 5.97 Å². The summed E-state index contributed by atoms with van der Waals surface area (Å²) in [6.45, 7) is -0.195. The molecule has 2 rings (SSSR count). The van der Waals surface area contributed by atoms with Crippen LogP contribution >= 0.6 is 23.4 Å². The number of amides is 1. The van der Waals surface area contributed by atoms with Crippen molar-refractivity contribution in [3.63, 3.8) is 0 Å². The topological polar surface area (TPSA) is 55.4 Å². The first kappa shape index (κ1) is 18.3. The average molecular weight is 368 g/mol. The zero-order chi connectivity index (χ0) is 17.5. The first-order valence-electron chi connectivity index (χ1n) is 7.01. The van der Waals surface area contributed by atoms with Gasteiger partial charge in [0.25, 0.3) is 5.91 Å². The van der Waals surface area contributed by atoms with Gasteiger partial charge in [0.2, 0.25) is 0 Å². The molecule has 2 aromatic rings. The van der Waals surface area contributed by atoms with Gasteiger partial charge in [0, 0.05) is 11.4 Å². The van der Waals surface area contributed by atoms with E-state index in [0.29, 0.717) is 0 Å². The van der Waals surface area contributed by atoms with E-state index in [2.05, 4.69) is 5.32 Å². The fraction of sp³-hybridized carbons (Fsp3) is 0.176. The fourth-order valence-corrected chi connectivity index (χ4v) is 2.49. The highest BCUT2D eigenvalue weighted by Gasteiger charge is 2.14. The number of thioether (sulfide) groups is 1. The average Bonchev–Trinajstić information content (AvgIpc) is 2.59. The normalized spacial score (nSPS) is 10.3. The van der Waals surface area contributed by atoms with Gasteiger partial charge in [-0.15, -0.1) is 11.8 Å². The first-order chi connectivity index (χ1) is 11.5. The molecule has 0 bridgehead atoms. The number of hydrogen-bond donors (Lipinski definition) is 1. The van der Waals surface area contributed by atoms with Gasteiger partial charge in [0.1, 0.15) is 5.82 Å². The van der Waals surface area contributed by atoms with Crippen LogP contribution in [0, 0.1) is 5.82 Å². The van der Waals surface area contributed by atoms with E-state index in [1.54, 1.807) is 30.3 Å². The van der Waals surface area contributed by atoms with E-state index in [0.717, 1.165) is 10.5 Å². The summed E-state index contributed by atoms with van der Waals surface area (Å²) >= 11 is 7.44. The number of nitrogens with one attached hydrogen (secondary N) is 1. The lowest BCUT2D eigenvalue weighted by Gasteiger charge is -2.08. The van der Waals surface area contributed by atoms with Gasteiger partial charge in [-0.3, -0.25) is 4.79 Å². The van der Waals surface area contributed by atoms with Crippen molar-refractivity contribution in [3.05, 3.63) is 64.4 Å². The Kier molecular flexibility index (Phi) is 6.63.